The molecule has 0 radical (unpaired) electrons. The average Bonchev–Trinajstić information content (AvgIpc) is 3.88. The monoisotopic (exact) mass is 658 g/mol. The SMILES string of the molecule is N#Cc1ccc(C(=O)N(Cc2cnc[nH]2)c2ccc(N3CCN(C(=O)c4ccc(Cl)s4)CC3)cc2)cc1.O=C(O)c1cccs1. The van der Waals surface area contributed by atoms with Crippen LogP contribution in [0.25, 0.3) is 0 Å². The van der Waals surface area contributed by atoms with E-state index in [2.05, 4.69) is 20.9 Å². The molecule has 3 aromatic heterocycles. The van der Waals surface area contributed by atoms with Gasteiger partial charge < -0.3 is 24.8 Å². The zero-order chi connectivity index (χ0) is 31.8. The largest absolute Gasteiger partial charge is 0.477 e. The molecule has 4 heterocycles. The van der Waals surface area contributed by atoms with Crippen LogP contribution in [0.4, 0.5) is 11.4 Å². The Kier molecular flexibility index (Phi) is 10.3. The standard InChI is InChI=1S/C27H23ClN6O2S.C5H4O2S/c28-25-10-9-24(37-25)27(36)33-13-11-32(12-14-33)22-5-7-23(8-6-22)34(17-21-16-30-18-31-21)26(35)20-3-1-19(15-29)2-4-20;6-5(7)4-2-1-3-8-4/h1-10,16,18H,11-14,17H2,(H,30,31);1-3H,(H,6,7). The molecule has 10 nitrogen and oxygen atoms in total. The van der Waals surface area contributed by atoms with Gasteiger partial charge in [0, 0.05) is 49.3 Å². The Balaban J connectivity index is 0.000000436. The molecule has 0 spiro atoms. The molecule has 0 saturated carbocycles. The maximum Gasteiger partial charge on any atom is 0.345 e. The summed E-state index contributed by atoms with van der Waals surface area (Å²) in [5.41, 5.74) is 3.58. The molecule has 0 atom stereocenters. The van der Waals surface area contributed by atoms with Crippen molar-refractivity contribution in [2.45, 2.75) is 6.54 Å². The number of nitrogens with one attached hydrogen (secondary N) is 1. The number of benzene rings is 2. The molecule has 45 heavy (non-hydrogen) atoms. The number of carbonyl (C=O) groups excluding carboxylic acids is 2. The summed E-state index contributed by atoms with van der Waals surface area (Å²) in [6.07, 6.45) is 3.28. The van der Waals surface area contributed by atoms with Crippen LogP contribution in [0.3, 0.4) is 0 Å². The summed E-state index contributed by atoms with van der Waals surface area (Å²) < 4.78 is 0.612. The Morgan fingerprint density at radius 3 is 2.24 bits per heavy atom. The first-order valence-corrected chi connectivity index (χ1v) is 15.9. The van der Waals surface area contributed by atoms with Crippen molar-refractivity contribution in [3.8, 4) is 6.07 Å². The van der Waals surface area contributed by atoms with Crippen LogP contribution >= 0.6 is 34.3 Å². The number of imidazole rings is 1. The van der Waals surface area contributed by atoms with E-state index in [0.717, 1.165) is 17.1 Å². The fourth-order valence-corrected chi connectivity index (χ4v) is 6.23. The number of rotatable bonds is 7. The van der Waals surface area contributed by atoms with Crippen LogP contribution in [-0.2, 0) is 6.54 Å². The van der Waals surface area contributed by atoms with E-state index in [-0.39, 0.29) is 11.8 Å². The second-order valence-corrected chi connectivity index (χ2v) is 12.5. The minimum atomic E-state index is -0.847. The van der Waals surface area contributed by atoms with Crippen molar-refractivity contribution < 1.29 is 19.5 Å². The number of piperazine rings is 1. The lowest BCUT2D eigenvalue weighted by molar-refractivity contribution is 0.0700. The highest BCUT2D eigenvalue weighted by atomic mass is 35.5. The van der Waals surface area contributed by atoms with E-state index in [4.69, 9.17) is 22.0 Å². The van der Waals surface area contributed by atoms with Gasteiger partial charge in [-0.2, -0.15) is 5.26 Å². The molecule has 1 aliphatic heterocycles. The number of carboxylic acid groups (broad SMARTS) is 1. The van der Waals surface area contributed by atoms with Crippen LogP contribution in [0.2, 0.25) is 4.34 Å². The molecule has 0 aliphatic carbocycles. The van der Waals surface area contributed by atoms with Crippen LogP contribution in [0.1, 0.15) is 41.0 Å². The van der Waals surface area contributed by atoms with E-state index >= 15 is 0 Å². The molecular weight excluding hydrogens is 632 g/mol. The normalized spacial score (nSPS) is 12.5. The minimum absolute atomic E-state index is 0.0164. The fraction of sp³-hybridized carbons (Fsp3) is 0.156. The van der Waals surface area contributed by atoms with Gasteiger partial charge in [0.1, 0.15) is 4.88 Å². The number of hydrogen-bond donors (Lipinski definition) is 2. The zero-order valence-corrected chi connectivity index (χ0v) is 26.2. The third-order valence-corrected chi connectivity index (χ3v) is 9.08. The Morgan fingerprint density at radius 2 is 1.71 bits per heavy atom. The van der Waals surface area contributed by atoms with Gasteiger partial charge in [0.25, 0.3) is 11.8 Å². The predicted octanol–water partition coefficient (Wildman–Crippen LogP) is 6.25. The summed E-state index contributed by atoms with van der Waals surface area (Å²) in [4.78, 5) is 50.2. The van der Waals surface area contributed by atoms with Gasteiger partial charge in [0.2, 0.25) is 0 Å². The second kappa shape index (κ2) is 14.7. The highest BCUT2D eigenvalue weighted by molar-refractivity contribution is 7.18. The van der Waals surface area contributed by atoms with Crippen molar-refractivity contribution in [3.05, 3.63) is 122 Å². The van der Waals surface area contributed by atoms with Crippen molar-refractivity contribution in [2.24, 2.45) is 0 Å². The first-order valence-electron chi connectivity index (χ1n) is 13.8. The molecule has 2 aromatic carbocycles. The van der Waals surface area contributed by atoms with Gasteiger partial charge >= 0.3 is 5.97 Å². The average molecular weight is 659 g/mol. The molecule has 228 valence electrons. The molecule has 0 bridgehead atoms. The molecule has 1 fully saturated rings. The lowest BCUT2D eigenvalue weighted by atomic mass is 10.1. The van der Waals surface area contributed by atoms with E-state index in [9.17, 15) is 14.4 Å². The number of halogens is 1. The van der Waals surface area contributed by atoms with Crippen molar-refractivity contribution in [1.82, 2.24) is 14.9 Å². The highest BCUT2D eigenvalue weighted by Gasteiger charge is 2.24. The minimum Gasteiger partial charge on any atom is -0.477 e. The maximum absolute atomic E-state index is 13.4. The third-order valence-electron chi connectivity index (χ3n) is 7.00. The van der Waals surface area contributed by atoms with Crippen LogP contribution in [0.15, 0.2) is 90.7 Å². The number of H-pyrrole nitrogens is 1. The Morgan fingerprint density at radius 1 is 0.978 bits per heavy atom. The zero-order valence-electron chi connectivity index (χ0n) is 23.8. The van der Waals surface area contributed by atoms with Crippen molar-refractivity contribution >= 4 is 63.4 Å². The molecule has 0 unspecified atom stereocenters. The fourth-order valence-electron chi connectivity index (χ4n) is 4.66. The number of aromatic nitrogens is 2. The number of hydrogen-bond acceptors (Lipinski definition) is 8. The van der Waals surface area contributed by atoms with E-state index in [1.165, 1.54) is 22.7 Å². The highest BCUT2D eigenvalue weighted by Crippen LogP contribution is 2.26. The van der Waals surface area contributed by atoms with Gasteiger partial charge in [0.05, 0.1) is 39.4 Å². The number of carbonyl (C=O) groups is 3. The lowest BCUT2D eigenvalue weighted by Gasteiger charge is -2.36. The first kappa shape index (κ1) is 31.5. The molecule has 5 aromatic rings. The summed E-state index contributed by atoms with van der Waals surface area (Å²) in [5, 5.41) is 19.1. The van der Waals surface area contributed by atoms with Gasteiger partial charge in [-0.15, -0.1) is 22.7 Å². The number of nitriles is 1. The summed E-state index contributed by atoms with van der Waals surface area (Å²) in [5.74, 6) is -1.00. The Hall–Kier alpha value is -4.96. The van der Waals surface area contributed by atoms with Crippen LogP contribution < -0.4 is 9.80 Å². The van der Waals surface area contributed by atoms with Gasteiger partial charge in [0.15, 0.2) is 0 Å². The molecule has 2 amide bonds. The number of anilines is 2. The number of amides is 2. The van der Waals surface area contributed by atoms with Gasteiger partial charge in [-0.1, -0.05) is 17.7 Å². The maximum atomic E-state index is 13.4. The first-order chi connectivity index (χ1) is 21.8. The molecular formula is C32H27ClN6O4S2. The molecule has 1 aliphatic rings. The van der Waals surface area contributed by atoms with Gasteiger partial charge in [-0.3, -0.25) is 9.59 Å². The van der Waals surface area contributed by atoms with Crippen LogP contribution in [0.5, 0.6) is 0 Å². The predicted molar refractivity (Wildman–Crippen MR) is 175 cm³/mol. The van der Waals surface area contributed by atoms with E-state index in [1.807, 2.05) is 29.2 Å². The summed E-state index contributed by atoms with van der Waals surface area (Å²) >= 11 is 8.52. The van der Waals surface area contributed by atoms with E-state index < -0.39 is 5.97 Å². The van der Waals surface area contributed by atoms with Crippen molar-refractivity contribution in [2.75, 3.05) is 36.0 Å². The molecule has 13 heteroatoms. The molecule has 1 saturated heterocycles. The third kappa shape index (κ3) is 7.96. The summed E-state index contributed by atoms with van der Waals surface area (Å²) in [6.45, 7) is 3.00. The summed E-state index contributed by atoms with van der Waals surface area (Å²) in [7, 11) is 0. The van der Waals surface area contributed by atoms with Crippen LogP contribution in [-0.4, -0.2) is 63.9 Å². The number of nitrogens with zero attached hydrogens (tertiary/aromatic N) is 5. The van der Waals surface area contributed by atoms with Gasteiger partial charge in [-0.05, 0) is 72.1 Å². The quantitative estimate of drug-likeness (QED) is 0.211. The van der Waals surface area contributed by atoms with E-state index in [0.29, 0.717) is 57.9 Å². The summed E-state index contributed by atoms with van der Waals surface area (Å²) in [6, 6.07) is 23.4. The number of thiophene rings is 2. The van der Waals surface area contributed by atoms with E-state index in [1.54, 1.807) is 71.3 Å². The van der Waals surface area contributed by atoms with Crippen LogP contribution in [0, 0.1) is 11.3 Å². The lowest BCUT2D eigenvalue weighted by Crippen LogP contribution is -2.48. The molecule has 2 N–H and O–H groups in total. The topological polar surface area (TPSA) is 134 Å². The number of carboxylic acids is 1. The molecule has 6 rings (SSSR count). The number of aromatic carboxylic acids is 1. The number of aromatic amines is 1. The van der Waals surface area contributed by atoms with Crippen molar-refractivity contribution in [1.29, 1.82) is 5.26 Å². The second-order valence-electron chi connectivity index (χ2n) is 9.84. The smallest absolute Gasteiger partial charge is 0.345 e. The van der Waals surface area contributed by atoms with Gasteiger partial charge in [-0.25, -0.2) is 9.78 Å². The van der Waals surface area contributed by atoms with Crippen molar-refractivity contribution in [3.63, 3.8) is 0 Å². The Bertz CT molecular complexity index is 1770. The Labute approximate surface area is 272 Å².